The van der Waals surface area contributed by atoms with E-state index < -0.39 is 0 Å². The largest absolute Gasteiger partial charge is 0.489 e. The first-order valence-electron chi connectivity index (χ1n) is 7.36. The molecule has 0 radical (unpaired) electrons. The van der Waals surface area contributed by atoms with E-state index in [2.05, 4.69) is 4.98 Å². The van der Waals surface area contributed by atoms with E-state index in [4.69, 9.17) is 22.1 Å². The molecule has 1 aliphatic rings. The Labute approximate surface area is 128 Å². The molecule has 1 saturated carbocycles. The molecule has 1 aromatic carbocycles. The Morgan fingerprint density at radius 1 is 1.24 bits per heavy atom. The van der Waals surface area contributed by atoms with Crippen LogP contribution in [0.3, 0.4) is 0 Å². The van der Waals surface area contributed by atoms with Gasteiger partial charge in [0.2, 0.25) is 0 Å². The van der Waals surface area contributed by atoms with Gasteiger partial charge in [0.1, 0.15) is 5.75 Å². The highest BCUT2D eigenvalue weighted by molar-refractivity contribution is 6.32. The van der Waals surface area contributed by atoms with Gasteiger partial charge in [-0.15, -0.1) is 0 Å². The van der Waals surface area contributed by atoms with Gasteiger partial charge in [0.05, 0.1) is 11.1 Å². The van der Waals surface area contributed by atoms with Crippen LogP contribution in [0.1, 0.15) is 32.1 Å². The molecule has 0 amide bonds. The summed E-state index contributed by atoms with van der Waals surface area (Å²) in [6.45, 7) is 0. The Balaban J connectivity index is 1.86. The number of rotatable bonds is 2. The zero-order valence-electron chi connectivity index (χ0n) is 11.8. The van der Waals surface area contributed by atoms with Gasteiger partial charge in [-0.1, -0.05) is 11.6 Å². The molecule has 3 rings (SSSR count). The van der Waals surface area contributed by atoms with E-state index in [0.717, 1.165) is 37.5 Å². The maximum Gasteiger partial charge on any atom is 0.255 e. The van der Waals surface area contributed by atoms with E-state index in [1.54, 1.807) is 12.3 Å². The number of nitrogens with two attached hydrogens (primary N) is 1. The lowest BCUT2D eigenvalue weighted by atomic mass is 10.1. The molecular weight excluding hydrogens is 288 g/mol. The smallest absolute Gasteiger partial charge is 0.255 e. The van der Waals surface area contributed by atoms with Crippen LogP contribution in [0.5, 0.6) is 5.75 Å². The monoisotopic (exact) mass is 306 g/mol. The van der Waals surface area contributed by atoms with Crippen LogP contribution >= 0.6 is 11.6 Å². The van der Waals surface area contributed by atoms with E-state index in [-0.39, 0.29) is 17.7 Å². The molecule has 2 aromatic rings. The van der Waals surface area contributed by atoms with Crippen molar-refractivity contribution in [1.82, 2.24) is 4.98 Å². The second kappa shape index (κ2) is 6.08. The molecule has 2 atom stereocenters. The summed E-state index contributed by atoms with van der Waals surface area (Å²) in [5.74, 6) is 0.648. The van der Waals surface area contributed by atoms with Gasteiger partial charge in [-0.05, 0) is 55.7 Å². The Kier molecular flexibility index (Phi) is 4.17. The highest BCUT2D eigenvalue weighted by Crippen LogP contribution is 2.31. The van der Waals surface area contributed by atoms with Gasteiger partial charge in [-0.2, -0.15) is 0 Å². The zero-order valence-corrected chi connectivity index (χ0v) is 12.5. The van der Waals surface area contributed by atoms with Gasteiger partial charge in [-0.25, -0.2) is 0 Å². The van der Waals surface area contributed by atoms with Crippen LogP contribution in [-0.4, -0.2) is 17.1 Å². The minimum atomic E-state index is -0.138. The van der Waals surface area contributed by atoms with Crippen molar-refractivity contribution in [3.05, 3.63) is 39.8 Å². The van der Waals surface area contributed by atoms with Crippen molar-refractivity contribution < 1.29 is 4.74 Å². The van der Waals surface area contributed by atoms with E-state index in [1.165, 1.54) is 0 Å². The summed E-state index contributed by atoms with van der Waals surface area (Å²) in [5, 5.41) is 1.90. The number of ether oxygens (including phenoxy) is 1. The van der Waals surface area contributed by atoms with E-state index in [1.807, 2.05) is 12.1 Å². The SMILES string of the molecule is N[C@H]1CCC[C@@H](Oc2cc3cc[nH]c(=O)c3cc2Cl)CC1. The van der Waals surface area contributed by atoms with Crippen LogP contribution < -0.4 is 16.0 Å². The standard InChI is InChI=1S/C16H19ClN2O2/c17-14-9-13-10(6-7-19-16(13)20)8-15(14)21-12-3-1-2-11(18)4-5-12/h6-9,11-12H,1-5,18H2,(H,19,20)/t11-,12+/m0/s1. The van der Waals surface area contributed by atoms with Crippen molar-refractivity contribution >= 4 is 22.4 Å². The third-order valence-corrected chi connectivity index (χ3v) is 4.38. The summed E-state index contributed by atoms with van der Waals surface area (Å²) >= 11 is 6.26. The van der Waals surface area contributed by atoms with Crippen LogP contribution in [0.25, 0.3) is 10.8 Å². The zero-order chi connectivity index (χ0) is 14.8. The van der Waals surface area contributed by atoms with Gasteiger partial charge in [0.25, 0.3) is 5.56 Å². The summed E-state index contributed by atoms with van der Waals surface area (Å²) in [7, 11) is 0. The number of halogens is 1. The van der Waals surface area contributed by atoms with Gasteiger partial charge < -0.3 is 15.5 Å². The summed E-state index contributed by atoms with van der Waals surface area (Å²) < 4.78 is 6.06. The number of benzene rings is 1. The minimum absolute atomic E-state index is 0.138. The number of hydrogen-bond donors (Lipinski definition) is 2. The lowest BCUT2D eigenvalue weighted by Crippen LogP contribution is -2.20. The molecule has 5 heteroatoms. The maximum absolute atomic E-state index is 11.7. The van der Waals surface area contributed by atoms with Crippen molar-refractivity contribution in [2.24, 2.45) is 5.73 Å². The molecule has 0 saturated heterocycles. The minimum Gasteiger partial charge on any atom is -0.489 e. The fraction of sp³-hybridized carbons (Fsp3) is 0.438. The first kappa shape index (κ1) is 14.4. The quantitative estimate of drug-likeness (QED) is 0.837. The summed E-state index contributed by atoms with van der Waals surface area (Å²) in [5.41, 5.74) is 5.85. The number of pyridine rings is 1. The highest BCUT2D eigenvalue weighted by Gasteiger charge is 2.19. The van der Waals surface area contributed by atoms with Crippen molar-refractivity contribution in [2.75, 3.05) is 0 Å². The molecule has 1 heterocycles. The van der Waals surface area contributed by atoms with Gasteiger partial charge in [0.15, 0.2) is 0 Å². The predicted molar refractivity (Wildman–Crippen MR) is 85.1 cm³/mol. The van der Waals surface area contributed by atoms with Crippen molar-refractivity contribution in [3.8, 4) is 5.75 Å². The average molecular weight is 307 g/mol. The van der Waals surface area contributed by atoms with Crippen molar-refractivity contribution in [2.45, 2.75) is 44.2 Å². The molecule has 1 aliphatic carbocycles. The molecule has 0 bridgehead atoms. The van der Waals surface area contributed by atoms with Gasteiger partial charge in [-0.3, -0.25) is 4.79 Å². The van der Waals surface area contributed by atoms with E-state index >= 15 is 0 Å². The van der Waals surface area contributed by atoms with Gasteiger partial charge in [0, 0.05) is 17.6 Å². The number of nitrogens with one attached hydrogen (secondary N) is 1. The third kappa shape index (κ3) is 3.22. The summed E-state index contributed by atoms with van der Waals surface area (Å²) in [4.78, 5) is 14.4. The van der Waals surface area contributed by atoms with E-state index in [9.17, 15) is 4.79 Å². The molecule has 4 nitrogen and oxygen atoms in total. The average Bonchev–Trinajstić information content (AvgIpc) is 2.66. The number of aromatic nitrogens is 1. The van der Waals surface area contributed by atoms with Crippen LogP contribution in [0.4, 0.5) is 0 Å². The van der Waals surface area contributed by atoms with E-state index in [0.29, 0.717) is 16.2 Å². The number of hydrogen-bond acceptors (Lipinski definition) is 3. The van der Waals surface area contributed by atoms with Gasteiger partial charge >= 0.3 is 0 Å². The molecule has 3 N–H and O–H groups in total. The Morgan fingerprint density at radius 3 is 2.95 bits per heavy atom. The third-order valence-electron chi connectivity index (χ3n) is 4.08. The Hall–Kier alpha value is -1.52. The number of aromatic amines is 1. The van der Waals surface area contributed by atoms with Crippen molar-refractivity contribution in [1.29, 1.82) is 0 Å². The second-order valence-corrected chi connectivity index (χ2v) is 6.09. The molecule has 21 heavy (non-hydrogen) atoms. The lowest BCUT2D eigenvalue weighted by Gasteiger charge is -2.18. The fourth-order valence-electron chi connectivity index (χ4n) is 2.87. The molecule has 0 aliphatic heterocycles. The first-order chi connectivity index (χ1) is 10.1. The fourth-order valence-corrected chi connectivity index (χ4v) is 3.08. The molecule has 0 spiro atoms. The normalized spacial score (nSPS) is 23.0. The maximum atomic E-state index is 11.7. The summed E-state index contributed by atoms with van der Waals surface area (Å²) in [6, 6.07) is 5.65. The number of H-pyrrole nitrogens is 1. The van der Waals surface area contributed by atoms with Crippen molar-refractivity contribution in [3.63, 3.8) is 0 Å². The van der Waals surface area contributed by atoms with Crippen LogP contribution in [0, 0.1) is 0 Å². The Morgan fingerprint density at radius 2 is 2.10 bits per heavy atom. The lowest BCUT2D eigenvalue weighted by molar-refractivity contribution is 0.183. The predicted octanol–water partition coefficient (Wildman–Crippen LogP) is 3.22. The van der Waals surface area contributed by atoms with Crippen LogP contribution in [-0.2, 0) is 0 Å². The summed E-state index contributed by atoms with van der Waals surface area (Å²) in [6.07, 6.45) is 6.85. The molecule has 1 fully saturated rings. The Bertz CT molecular complexity index is 698. The molecule has 1 aromatic heterocycles. The van der Waals surface area contributed by atoms with Crippen LogP contribution in [0.15, 0.2) is 29.2 Å². The van der Waals surface area contributed by atoms with Crippen LogP contribution in [0.2, 0.25) is 5.02 Å². The number of fused-ring (bicyclic) bond motifs is 1. The second-order valence-electron chi connectivity index (χ2n) is 5.68. The highest BCUT2D eigenvalue weighted by atomic mass is 35.5. The molecular formula is C16H19ClN2O2. The topological polar surface area (TPSA) is 68.1 Å². The molecule has 0 unspecified atom stereocenters. The molecule has 112 valence electrons. The first-order valence-corrected chi connectivity index (χ1v) is 7.74.